The molecule has 0 aromatic carbocycles. The summed E-state index contributed by atoms with van der Waals surface area (Å²) in [6, 6.07) is 0. The molecule has 0 saturated heterocycles. The number of hydrogen-bond donors (Lipinski definition) is 2. The molecule has 2 aromatic heterocycles. The third kappa shape index (κ3) is 2.71. The van der Waals surface area contributed by atoms with Gasteiger partial charge in [0, 0.05) is 7.05 Å². The van der Waals surface area contributed by atoms with Crippen LogP contribution >= 0.6 is 0 Å². The molecule has 17 heavy (non-hydrogen) atoms. The second kappa shape index (κ2) is 4.97. The summed E-state index contributed by atoms with van der Waals surface area (Å²) in [7, 11) is 1.73. The Morgan fingerprint density at radius 3 is 2.47 bits per heavy atom. The Morgan fingerprint density at radius 1 is 1.12 bits per heavy atom. The van der Waals surface area contributed by atoms with Crippen molar-refractivity contribution in [2.24, 2.45) is 0 Å². The van der Waals surface area contributed by atoms with Crippen molar-refractivity contribution in [3.8, 4) is 0 Å². The molecule has 0 aliphatic rings. The van der Waals surface area contributed by atoms with E-state index in [9.17, 15) is 4.79 Å². The fraction of sp³-hybridized carbons (Fsp3) is 0.100. The molecule has 86 valence electrons. The molecule has 2 aromatic rings. The van der Waals surface area contributed by atoms with Gasteiger partial charge in [-0.05, 0) is 0 Å². The molecule has 0 saturated carbocycles. The first-order valence-corrected chi connectivity index (χ1v) is 4.86. The molecule has 1 amide bonds. The van der Waals surface area contributed by atoms with Crippen molar-refractivity contribution in [3.63, 3.8) is 0 Å². The number of anilines is 2. The second-order valence-corrected chi connectivity index (χ2v) is 3.12. The maximum Gasteiger partial charge on any atom is 0.275 e. The summed E-state index contributed by atoms with van der Waals surface area (Å²) in [6.45, 7) is 0. The topological polar surface area (TPSA) is 92.7 Å². The van der Waals surface area contributed by atoms with E-state index in [1.807, 2.05) is 0 Å². The number of carbonyl (C=O) groups excluding carboxylic acids is 1. The molecule has 2 heterocycles. The monoisotopic (exact) mass is 230 g/mol. The maximum absolute atomic E-state index is 11.7. The smallest absolute Gasteiger partial charge is 0.275 e. The molecule has 0 aliphatic carbocycles. The quantitative estimate of drug-likeness (QED) is 0.800. The summed E-state index contributed by atoms with van der Waals surface area (Å²) in [6.07, 6.45) is 7.26. The molecular weight excluding hydrogens is 220 g/mol. The Kier molecular flexibility index (Phi) is 3.20. The summed E-state index contributed by atoms with van der Waals surface area (Å²) < 4.78 is 0. The third-order valence-electron chi connectivity index (χ3n) is 1.96. The summed E-state index contributed by atoms with van der Waals surface area (Å²) in [5.41, 5.74) is 0.741. The van der Waals surface area contributed by atoms with Gasteiger partial charge in [0.15, 0.2) is 0 Å². The highest BCUT2D eigenvalue weighted by Crippen LogP contribution is 2.05. The first-order valence-electron chi connectivity index (χ1n) is 4.86. The van der Waals surface area contributed by atoms with Crippen LogP contribution in [0.4, 0.5) is 11.5 Å². The van der Waals surface area contributed by atoms with E-state index in [0.717, 1.165) is 0 Å². The molecule has 2 N–H and O–H groups in total. The van der Waals surface area contributed by atoms with E-state index >= 15 is 0 Å². The maximum atomic E-state index is 11.7. The SMILES string of the molecule is CNc1cnc(C(=O)Nc2cncnc2)cn1. The lowest BCUT2D eigenvalue weighted by atomic mass is 10.4. The van der Waals surface area contributed by atoms with Gasteiger partial charge < -0.3 is 10.6 Å². The highest BCUT2D eigenvalue weighted by atomic mass is 16.1. The van der Waals surface area contributed by atoms with E-state index in [-0.39, 0.29) is 11.6 Å². The number of carbonyl (C=O) groups is 1. The van der Waals surface area contributed by atoms with Crippen molar-refractivity contribution >= 4 is 17.4 Å². The summed E-state index contributed by atoms with van der Waals surface area (Å²) in [5.74, 6) is 0.250. The van der Waals surface area contributed by atoms with Crippen molar-refractivity contribution in [3.05, 3.63) is 36.8 Å². The first-order chi connectivity index (χ1) is 8.29. The molecule has 0 bridgehead atoms. The van der Waals surface area contributed by atoms with Gasteiger partial charge in [-0.2, -0.15) is 0 Å². The Balaban J connectivity index is 2.09. The van der Waals surface area contributed by atoms with Gasteiger partial charge in [-0.25, -0.2) is 19.9 Å². The number of rotatable bonds is 3. The van der Waals surface area contributed by atoms with Gasteiger partial charge in [0.25, 0.3) is 5.91 Å². The van der Waals surface area contributed by atoms with Gasteiger partial charge in [0.05, 0.1) is 30.5 Å². The molecule has 0 spiro atoms. The van der Waals surface area contributed by atoms with E-state index in [0.29, 0.717) is 11.5 Å². The van der Waals surface area contributed by atoms with Crippen LogP contribution in [0.5, 0.6) is 0 Å². The Labute approximate surface area is 97.4 Å². The highest BCUT2D eigenvalue weighted by molar-refractivity contribution is 6.02. The number of nitrogens with zero attached hydrogens (tertiary/aromatic N) is 4. The molecule has 2 rings (SSSR count). The van der Waals surface area contributed by atoms with Gasteiger partial charge in [-0.15, -0.1) is 0 Å². The van der Waals surface area contributed by atoms with Gasteiger partial charge in [0.1, 0.15) is 17.8 Å². The predicted molar refractivity (Wildman–Crippen MR) is 61.6 cm³/mol. The second-order valence-electron chi connectivity index (χ2n) is 3.12. The zero-order valence-electron chi connectivity index (χ0n) is 9.08. The van der Waals surface area contributed by atoms with E-state index in [1.54, 1.807) is 7.05 Å². The number of amides is 1. The molecule has 0 aliphatic heterocycles. The Bertz CT molecular complexity index is 498. The van der Waals surface area contributed by atoms with E-state index in [1.165, 1.54) is 31.1 Å². The van der Waals surface area contributed by atoms with Gasteiger partial charge in [-0.1, -0.05) is 0 Å². The number of nitrogens with one attached hydrogen (secondary N) is 2. The van der Waals surface area contributed by atoms with E-state index < -0.39 is 0 Å². The van der Waals surface area contributed by atoms with Crippen LogP contribution in [0.2, 0.25) is 0 Å². The van der Waals surface area contributed by atoms with Gasteiger partial charge in [-0.3, -0.25) is 4.79 Å². The van der Waals surface area contributed by atoms with E-state index in [4.69, 9.17) is 0 Å². The van der Waals surface area contributed by atoms with Crippen LogP contribution in [0.1, 0.15) is 10.5 Å². The Hall–Kier alpha value is -2.57. The van der Waals surface area contributed by atoms with Crippen molar-refractivity contribution < 1.29 is 4.79 Å². The summed E-state index contributed by atoms with van der Waals surface area (Å²) in [4.78, 5) is 27.3. The third-order valence-corrected chi connectivity index (χ3v) is 1.96. The normalized spacial score (nSPS) is 9.71. The van der Waals surface area contributed by atoms with Crippen LogP contribution in [-0.4, -0.2) is 32.9 Å². The van der Waals surface area contributed by atoms with Gasteiger partial charge in [0.2, 0.25) is 0 Å². The van der Waals surface area contributed by atoms with Crippen LogP contribution in [0.15, 0.2) is 31.1 Å². The molecule has 0 radical (unpaired) electrons. The zero-order valence-corrected chi connectivity index (χ0v) is 9.08. The van der Waals surface area contributed by atoms with Crippen LogP contribution in [-0.2, 0) is 0 Å². The first kappa shape index (κ1) is 10.9. The lowest BCUT2D eigenvalue weighted by molar-refractivity contribution is 0.102. The summed E-state index contributed by atoms with van der Waals surface area (Å²) in [5, 5.41) is 5.43. The molecule has 0 unspecified atom stereocenters. The van der Waals surface area contributed by atoms with Gasteiger partial charge >= 0.3 is 0 Å². The van der Waals surface area contributed by atoms with Crippen molar-refractivity contribution in [2.75, 3.05) is 17.7 Å². The largest absolute Gasteiger partial charge is 0.372 e. The molecule has 0 fully saturated rings. The number of hydrogen-bond acceptors (Lipinski definition) is 6. The van der Waals surface area contributed by atoms with Crippen molar-refractivity contribution in [1.29, 1.82) is 0 Å². The Morgan fingerprint density at radius 2 is 1.88 bits per heavy atom. The van der Waals surface area contributed by atoms with Crippen LogP contribution < -0.4 is 10.6 Å². The molecule has 7 nitrogen and oxygen atoms in total. The fourth-order valence-electron chi connectivity index (χ4n) is 1.13. The predicted octanol–water partition coefficient (Wildman–Crippen LogP) is 0.561. The lowest BCUT2D eigenvalue weighted by Crippen LogP contribution is -2.14. The van der Waals surface area contributed by atoms with Crippen molar-refractivity contribution in [1.82, 2.24) is 19.9 Å². The summed E-state index contributed by atoms with van der Waals surface area (Å²) >= 11 is 0. The highest BCUT2D eigenvalue weighted by Gasteiger charge is 2.08. The van der Waals surface area contributed by atoms with Crippen LogP contribution in [0, 0.1) is 0 Å². The van der Waals surface area contributed by atoms with E-state index in [2.05, 4.69) is 30.6 Å². The minimum atomic E-state index is -0.352. The fourth-order valence-corrected chi connectivity index (χ4v) is 1.13. The molecule has 7 heteroatoms. The standard InChI is InChI=1S/C10H10N6O/c1-11-9-5-14-8(4-15-9)10(17)16-7-2-12-6-13-3-7/h2-6H,1H3,(H,11,15)(H,16,17). The minimum Gasteiger partial charge on any atom is -0.372 e. The van der Waals surface area contributed by atoms with Crippen LogP contribution in [0.25, 0.3) is 0 Å². The van der Waals surface area contributed by atoms with Crippen molar-refractivity contribution in [2.45, 2.75) is 0 Å². The zero-order chi connectivity index (χ0) is 12.1. The minimum absolute atomic E-state index is 0.229. The average Bonchev–Trinajstić information content (AvgIpc) is 2.40. The average molecular weight is 230 g/mol. The van der Waals surface area contributed by atoms with Crippen LogP contribution in [0.3, 0.4) is 0 Å². The molecular formula is C10H10N6O. The lowest BCUT2D eigenvalue weighted by Gasteiger charge is -2.03. The number of aromatic nitrogens is 4. The molecule has 0 atom stereocenters.